The molecular formula is C13H17ClFN. The zero-order valence-corrected chi connectivity index (χ0v) is 10.5. The number of nitrogens with two attached hydrogens (primary N) is 1. The first-order valence-corrected chi connectivity index (χ1v) is 6.08. The molecule has 16 heavy (non-hydrogen) atoms. The molecule has 1 fully saturated rings. The van der Waals surface area contributed by atoms with Crippen molar-refractivity contribution in [3.8, 4) is 0 Å². The molecule has 0 heterocycles. The van der Waals surface area contributed by atoms with Gasteiger partial charge >= 0.3 is 0 Å². The van der Waals surface area contributed by atoms with Gasteiger partial charge in [-0.1, -0.05) is 24.4 Å². The van der Waals surface area contributed by atoms with Crippen LogP contribution in [0, 0.1) is 19.7 Å². The van der Waals surface area contributed by atoms with Gasteiger partial charge in [0.15, 0.2) is 0 Å². The zero-order valence-electron chi connectivity index (χ0n) is 9.74. The fraction of sp³-hybridized carbons (Fsp3) is 0.538. The Morgan fingerprint density at radius 1 is 1.25 bits per heavy atom. The third kappa shape index (κ3) is 1.74. The van der Waals surface area contributed by atoms with E-state index in [9.17, 15) is 4.39 Å². The van der Waals surface area contributed by atoms with E-state index in [0.29, 0.717) is 10.6 Å². The average Bonchev–Trinajstić information content (AvgIpc) is 2.63. The first-order valence-electron chi connectivity index (χ1n) is 5.70. The van der Waals surface area contributed by atoms with Crippen LogP contribution in [0.5, 0.6) is 0 Å². The number of hydrogen-bond acceptors (Lipinski definition) is 1. The Kier molecular flexibility index (Phi) is 2.97. The lowest BCUT2D eigenvalue weighted by Crippen LogP contribution is -2.35. The highest BCUT2D eigenvalue weighted by Gasteiger charge is 2.35. The number of rotatable bonds is 1. The second-order valence-corrected chi connectivity index (χ2v) is 5.24. The van der Waals surface area contributed by atoms with Gasteiger partial charge < -0.3 is 5.73 Å². The Morgan fingerprint density at radius 2 is 1.81 bits per heavy atom. The Hall–Kier alpha value is -0.600. The molecule has 1 aliphatic carbocycles. The van der Waals surface area contributed by atoms with Crippen molar-refractivity contribution in [1.82, 2.24) is 0 Å². The van der Waals surface area contributed by atoms with E-state index < -0.39 is 0 Å². The molecule has 0 unspecified atom stereocenters. The summed E-state index contributed by atoms with van der Waals surface area (Å²) in [5, 5.41) is 0.481. The van der Waals surface area contributed by atoms with Crippen LogP contribution in [-0.2, 0) is 5.54 Å². The Balaban J connectivity index is 2.63. The molecule has 0 atom stereocenters. The van der Waals surface area contributed by atoms with Gasteiger partial charge in [-0.15, -0.1) is 0 Å². The van der Waals surface area contributed by atoms with Crippen molar-refractivity contribution in [2.75, 3.05) is 0 Å². The van der Waals surface area contributed by atoms with Gasteiger partial charge in [0.05, 0.1) is 0 Å². The Morgan fingerprint density at radius 3 is 2.38 bits per heavy atom. The smallest absolute Gasteiger partial charge is 0.127 e. The zero-order chi connectivity index (χ0) is 11.9. The lowest BCUT2D eigenvalue weighted by atomic mass is 9.83. The number of benzene rings is 1. The highest BCUT2D eigenvalue weighted by molar-refractivity contribution is 6.31. The predicted octanol–water partition coefficient (Wildman–Crippen LogP) is 3.82. The van der Waals surface area contributed by atoms with Crippen molar-refractivity contribution in [2.45, 2.75) is 45.1 Å². The van der Waals surface area contributed by atoms with Crippen LogP contribution in [0.1, 0.15) is 42.4 Å². The van der Waals surface area contributed by atoms with Crippen LogP contribution in [0.25, 0.3) is 0 Å². The molecule has 1 saturated carbocycles. The SMILES string of the molecule is Cc1c(F)cc(Cl)c(C)c1C1(N)CCCC1. The van der Waals surface area contributed by atoms with Gasteiger partial charge in [0.25, 0.3) is 0 Å². The summed E-state index contributed by atoms with van der Waals surface area (Å²) in [5.74, 6) is -0.248. The van der Waals surface area contributed by atoms with Crippen molar-refractivity contribution >= 4 is 11.6 Å². The maximum Gasteiger partial charge on any atom is 0.127 e. The fourth-order valence-corrected chi connectivity index (χ4v) is 3.04. The Bertz CT molecular complexity index is 396. The predicted molar refractivity (Wildman–Crippen MR) is 65.2 cm³/mol. The van der Waals surface area contributed by atoms with Crippen LogP contribution in [0.15, 0.2) is 6.07 Å². The maximum atomic E-state index is 13.7. The van der Waals surface area contributed by atoms with E-state index in [1.807, 2.05) is 6.92 Å². The molecule has 0 aromatic heterocycles. The topological polar surface area (TPSA) is 26.0 Å². The van der Waals surface area contributed by atoms with Crippen molar-refractivity contribution < 1.29 is 4.39 Å². The molecule has 1 aliphatic rings. The van der Waals surface area contributed by atoms with Crippen LogP contribution >= 0.6 is 11.6 Å². The van der Waals surface area contributed by atoms with Gasteiger partial charge in [-0.3, -0.25) is 0 Å². The van der Waals surface area contributed by atoms with E-state index >= 15 is 0 Å². The first kappa shape index (κ1) is 11.9. The molecular weight excluding hydrogens is 225 g/mol. The van der Waals surface area contributed by atoms with E-state index in [-0.39, 0.29) is 11.4 Å². The van der Waals surface area contributed by atoms with Gasteiger partial charge in [-0.25, -0.2) is 4.39 Å². The molecule has 1 nitrogen and oxygen atoms in total. The summed E-state index contributed by atoms with van der Waals surface area (Å²) in [4.78, 5) is 0. The van der Waals surface area contributed by atoms with E-state index in [0.717, 1.165) is 36.8 Å². The molecule has 1 aromatic rings. The van der Waals surface area contributed by atoms with E-state index in [1.165, 1.54) is 6.07 Å². The second kappa shape index (κ2) is 4.01. The molecule has 0 bridgehead atoms. The largest absolute Gasteiger partial charge is 0.321 e. The molecule has 2 N–H and O–H groups in total. The third-order valence-corrected chi connectivity index (χ3v) is 4.11. The summed E-state index contributed by atoms with van der Waals surface area (Å²) in [5.41, 5.74) is 8.54. The standard InChI is InChI=1S/C13H17ClFN/c1-8-10(14)7-11(15)9(2)12(8)13(16)5-3-4-6-13/h7H,3-6,16H2,1-2H3. The normalized spacial score (nSPS) is 19.1. The summed E-state index contributed by atoms with van der Waals surface area (Å²) in [6, 6.07) is 1.38. The van der Waals surface area contributed by atoms with Gasteiger partial charge in [-0.05, 0) is 49.4 Å². The summed E-state index contributed by atoms with van der Waals surface area (Å²) < 4.78 is 13.7. The third-order valence-electron chi connectivity index (χ3n) is 3.71. The molecule has 0 aliphatic heterocycles. The minimum absolute atomic E-state index is 0.248. The highest BCUT2D eigenvalue weighted by atomic mass is 35.5. The number of hydrogen-bond donors (Lipinski definition) is 1. The monoisotopic (exact) mass is 241 g/mol. The van der Waals surface area contributed by atoms with E-state index in [2.05, 4.69) is 0 Å². The highest BCUT2D eigenvalue weighted by Crippen LogP contribution is 2.41. The quantitative estimate of drug-likeness (QED) is 0.795. The van der Waals surface area contributed by atoms with Crippen molar-refractivity contribution in [3.05, 3.63) is 33.6 Å². The van der Waals surface area contributed by atoms with Crippen LogP contribution < -0.4 is 5.73 Å². The van der Waals surface area contributed by atoms with Crippen molar-refractivity contribution in [2.24, 2.45) is 5.73 Å². The van der Waals surface area contributed by atoms with E-state index in [4.69, 9.17) is 17.3 Å². The molecule has 88 valence electrons. The lowest BCUT2D eigenvalue weighted by Gasteiger charge is -2.29. The molecule has 2 rings (SSSR count). The maximum absolute atomic E-state index is 13.7. The molecule has 0 saturated heterocycles. The summed E-state index contributed by atoms with van der Waals surface area (Å²) in [7, 11) is 0. The first-order chi connectivity index (χ1) is 7.46. The van der Waals surface area contributed by atoms with E-state index in [1.54, 1.807) is 6.92 Å². The summed E-state index contributed by atoms with van der Waals surface area (Å²) in [6.07, 6.45) is 4.08. The molecule has 3 heteroatoms. The van der Waals surface area contributed by atoms with Crippen molar-refractivity contribution in [3.63, 3.8) is 0 Å². The van der Waals surface area contributed by atoms with Crippen LogP contribution in [0.2, 0.25) is 5.02 Å². The molecule has 1 aromatic carbocycles. The van der Waals surface area contributed by atoms with Crippen LogP contribution in [0.3, 0.4) is 0 Å². The second-order valence-electron chi connectivity index (χ2n) is 4.83. The summed E-state index contributed by atoms with van der Waals surface area (Å²) >= 11 is 6.04. The van der Waals surface area contributed by atoms with Gasteiger partial charge in [0, 0.05) is 10.6 Å². The van der Waals surface area contributed by atoms with Crippen molar-refractivity contribution in [1.29, 1.82) is 0 Å². The van der Waals surface area contributed by atoms with Gasteiger partial charge in [0.2, 0.25) is 0 Å². The van der Waals surface area contributed by atoms with Gasteiger partial charge in [0.1, 0.15) is 5.82 Å². The molecule has 0 spiro atoms. The molecule has 0 amide bonds. The Labute approximate surface area is 101 Å². The lowest BCUT2D eigenvalue weighted by molar-refractivity contribution is 0.451. The van der Waals surface area contributed by atoms with Crippen LogP contribution in [-0.4, -0.2) is 0 Å². The average molecular weight is 242 g/mol. The fourth-order valence-electron chi connectivity index (χ4n) is 2.85. The minimum Gasteiger partial charge on any atom is -0.321 e. The van der Waals surface area contributed by atoms with Crippen LogP contribution in [0.4, 0.5) is 4.39 Å². The van der Waals surface area contributed by atoms with Gasteiger partial charge in [-0.2, -0.15) is 0 Å². The molecule has 0 radical (unpaired) electrons. The number of halogens is 2. The minimum atomic E-state index is -0.375. The summed E-state index contributed by atoms with van der Waals surface area (Å²) in [6.45, 7) is 3.72.